The summed E-state index contributed by atoms with van der Waals surface area (Å²) in [5.74, 6) is 3.56. The molecule has 6 rings (SSSR count). The van der Waals surface area contributed by atoms with E-state index in [4.69, 9.17) is 0 Å². The topological polar surface area (TPSA) is 69.2 Å². The Hall–Kier alpha value is -3.66. The van der Waals surface area contributed by atoms with Gasteiger partial charge in [-0.05, 0) is 36.4 Å². The summed E-state index contributed by atoms with van der Waals surface area (Å²) < 4.78 is 7.81. The van der Waals surface area contributed by atoms with Crippen LogP contribution in [0.25, 0.3) is 23.3 Å². The van der Waals surface area contributed by atoms with Crippen LogP contribution in [0.1, 0.15) is 0 Å². The van der Waals surface area contributed by atoms with E-state index in [-0.39, 0.29) is 47.2 Å². The zero-order valence-corrected chi connectivity index (χ0v) is 23.0. The quantitative estimate of drug-likeness (QED) is 0.145. The average Bonchev–Trinajstić information content (AvgIpc) is 3.62. The maximum atomic E-state index is 4.29. The Morgan fingerprint density at radius 2 is 0.865 bits per heavy atom. The molecule has 0 bridgehead atoms. The van der Waals surface area contributed by atoms with Crippen molar-refractivity contribution in [1.82, 2.24) is 29.1 Å². The monoisotopic (exact) mass is 713 g/mol. The van der Waals surface area contributed by atoms with Crippen LogP contribution >= 0.6 is 0 Å². The van der Waals surface area contributed by atoms with Crippen molar-refractivity contribution in [3.05, 3.63) is 135 Å². The van der Waals surface area contributed by atoms with Crippen LogP contribution in [0.5, 0.6) is 0 Å². The van der Waals surface area contributed by atoms with E-state index in [1.807, 2.05) is 129 Å². The molecule has 6 aromatic rings. The van der Waals surface area contributed by atoms with E-state index in [1.54, 1.807) is 24.8 Å². The summed E-state index contributed by atoms with van der Waals surface area (Å²) in [6.07, 6.45) is 18.8. The van der Waals surface area contributed by atoms with Gasteiger partial charge in [0, 0.05) is 24.5 Å². The maximum Gasteiger partial charge on any atom is 1.00 e. The second-order valence-corrected chi connectivity index (χ2v) is 7.21. The van der Waals surface area contributed by atoms with Gasteiger partial charge in [-0.3, -0.25) is 0 Å². The Kier molecular flexibility index (Phi) is 11.8. The number of halogens is 2. The molecule has 0 spiro atoms. The van der Waals surface area contributed by atoms with Crippen molar-refractivity contribution in [1.29, 1.82) is 0 Å². The summed E-state index contributed by atoms with van der Waals surface area (Å²) in [4.78, 5) is 17.1. The SMILES string of the molecule is [Au+].[Cl-].[Cl-].c1ccc(-n2cc[n+](-c3ccccn3)c2)nc1.c1ccc(-n2cc[n+](-c3ccccn3)c2)nc1. The fourth-order valence-electron chi connectivity index (χ4n) is 3.28. The molecule has 0 aromatic carbocycles. The third-order valence-corrected chi connectivity index (χ3v) is 4.93. The second kappa shape index (κ2) is 14.8. The number of rotatable bonds is 4. The normalized spacial score (nSPS) is 9.51. The molecule has 0 amide bonds. The van der Waals surface area contributed by atoms with Gasteiger partial charge in [0.2, 0.25) is 12.7 Å². The first-order chi connectivity index (χ1) is 16.9. The first-order valence-corrected chi connectivity index (χ1v) is 10.7. The Bertz CT molecular complexity index is 1230. The molecule has 0 radical (unpaired) electrons. The zero-order valence-electron chi connectivity index (χ0n) is 19.3. The number of nitrogens with zero attached hydrogens (tertiary/aromatic N) is 8. The number of imidazole rings is 2. The summed E-state index contributed by atoms with van der Waals surface area (Å²) in [5, 5.41) is 0. The molecule has 0 aliphatic rings. The molecule has 0 aliphatic carbocycles. The first-order valence-electron chi connectivity index (χ1n) is 10.7. The fourth-order valence-corrected chi connectivity index (χ4v) is 3.28. The van der Waals surface area contributed by atoms with Crippen molar-refractivity contribution in [2.45, 2.75) is 0 Å². The number of hydrogen-bond acceptors (Lipinski definition) is 4. The van der Waals surface area contributed by atoms with E-state index >= 15 is 0 Å². The van der Waals surface area contributed by atoms with E-state index in [0.29, 0.717) is 0 Å². The molecular weight excluding hydrogens is 692 g/mol. The van der Waals surface area contributed by atoms with Gasteiger partial charge in [0.15, 0.2) is 11.6 Å². The molecule has 6 heterocycles. The summed E-state index contributed by atoms with van der Waals surface area (Å²) in [5.41, 5.74) is 0. The van der Waals surface area contributed by atoms with Gasteiger partial charge < -0.3 is 24.8 Å². The minimum atomic E-state index is 0. The fraction of sp³-hybridized carbons (Fsp3) is 0. The van der Waals surface area contributed by atoms with Gasteiger partial charge >= 0.3 is 22.4 Å². The Labute approximate surface area is 242 Å². The first kappa shape index (κ1) is 29.6. The Morgan fingerprint density at radius 1 is 0.486 bits per heavy atom. The van der Waals surface area contributed by atoms with Crippen LogP contribution in [0.4, 0.5) is 0 Å². The van der Waals surface area contributed by atoms with E-state index < -0.39 is 0 Å². The molecule has 190 valence electrons. The minimum absolute atomic E-state index is 0. The van der Waals surface area contributed by atoms with Crippen molar-refractivity contribution in [3.8, 4) is 23.3 Å². The standard InChI is InChI=1S/2C13H11N4.Au.2ClH/c2*1-3-7-14-12(5-1)16-9-10-17(11-16)13-6-2-4-8-15-13;;;/h2*1-11H;;2*1H/q3*+1;;/p-2. The van der Waals surface area contributed by atoms with Gasteiger partial charge in [-0.1, -0.05) is 24.3 Å². The molecule has 11 heteroatoms. The van der Waals surface area contributed by atoms with Crippen molar-refractivity contribution >= 4 is 0 Å². The van der Waals surface area contributed by atoms with E-state index in [1.165, 1.54) is 0 Å². The van der Waals surface area contributed by atoms with Crippen molar-refractivity contribution < 1.29 is 56.3 Å². The summed E-state index contributed by atoms with van der Waals surface area (Å²) >= 11 is 0. The minimum Gasteiger partial charge on any atom is -1.00 e. The smallest absolute Gasteiger partial charge is 1.00 e. The molecule has 0 saturated heterocycles. The van der Waals surface area contributed by atoms with Crippen LogP contribution in [-0.2, 0) is 22.4 Å². The van der Waals surface area contributed by atoms with Gasteiger partial charge in [0.1, 0.15) is 37.2 Å². The van der Waals surface area contributed by atoms with Crippen LogP contribution < -0.4 is 33.9 Å². The molecule has 0 atom stereocenters. The molecule has 0 N–H and O–H groups in total. The summed E-state index contributed by atoms with van der Waals surface area (Å²) in [6, 6.07) is 23.3. The third-order valence-electron chi connectivity index (χ3n) is 4.93. The van der Waals surface area contributed by atoms with Gasteiger partial charge in [-0.2, -0.15) is 0 Å². The zero-order chi connectivity index (χ0) is 23.0. The largest absolute Gasteiger partial charge is 1.00 e. The molecule has 0 unspecified atom stereocenters. The van der Waals surface area contributed by atoms with E-state index in [0.717, 1.165) is 23.3 Å². The van der Waals surface area contributed by atoms with Gasteiger partial charge in [0.05, 0.1) is 0 Å². The molecule has 37 heavy (non-hydrogen) atoms. The van der Waals surface area contributed by atoms with Gasteiger partial charge in [0.25, 0.3) is 11.6 Å². The maximum absolute atomic E-state index is 4.29. The van der Waals surface area contributed by atoms with Crippen LogP contribution in [-0.4, -0.2) is 29.1 Å². The summed E-state index contributed by atoms with van der Waals surface area (Å²) in [7, 11) is 0. The van der Waals surface area contributed by atoms with E-state index in [9.17, 15) is 0 Å². The van der Waals surface area contributed by atoms with Crippen molar-refractivity contribution in [2.75, 3.05) is 0 Å². The number of aromatic nitrogens is 8. The van der Waals surface area contributed by atoms with Gasteiger partial charge in [-0.25, -0.2) is 28.2 Å². The average molecular weight is 714 g/mol. The van der Waals surface area contributed by atoms with E-state index in [2.05, 4.69) is 19.9 Å². The molecule has 0 aliphatic heterocycles. The molecular formula is C26H22AuCl2N8+. The second-order valence-electron chi connectivity index (χ2n) is 7.21. The van der Waals surface area contributed by atoms with Crippen molar-refractivity contribution in [3.63, 3.8) is 0 Å². The van der Waals surface area contributed by atoms with Crippen LogP contribution in [0.3, 0.4) is 0 Å². The number of pyridine rings is 4. The van der Waals surface area contributed by atoms with Gasteiger partial charge in [-0.15, -0.1) is 9.97 Å². The van der Waals surface area contributed by atoms with Crippen molar-refractivity contribution in [2.24, 2.45) is 0 Å². The Balaban J connectivity index is 0.000000241. The molecule has 8 nitrogen and oxygen atoms in total. The summed E-state index contributed by atoms with van der Waals surface area (Å²) in [6.45, 7) is 0. The predicted molar refractivity (Wildman–Crippen MR) is 126 cm³/mol. The Morgan fingerprint density at radius 3 is 1.19 bits per heavy atom. The molecule has 6 aromatic heterocycles. The molecule has 0 fully saturated rings. The van der Waals surface area contributed by atoms with Crippen LogP contribution in [0.15, 0.2) is 135 Å². The predicted octanol–water partition coefficient (Wildman–Crippen LogP) is -2.91. The van der Waals surface area contributed by atoms with Crippen LogP contribution in [0.2, 0.25) is 0 Å². The third kappa shape index (κ3) is 7.66. The number of hydrogen-bond donors (Lipinski definition) is 0. The van der Waals surface area contributed by atoms with Crippen LogP contribution in [0, 0.1) is 0 Å². The molecule has 0 saturated carbocycles.